The fraction of sp³-hybridized carbons (Fsp3) is 0.118. The zero-order valence-electron chi connectivity index (χ0n) is 12.7. The molecule has 0 radical (unpaired) electrons. The van der Waals surface area contributed by atoms with E-state index in [1.54, 1.807) is 12.3 Å². The third-order valence-corrected chi connectivity index (χ3v) is 3.89. The van der Waals surface area contributed by atoms with Crippen molar-refractivity contribution in [2.45, 2.75) is 13.1 Å². The molecule has 0 aliphatic rings. The molecular weight excluding hydrogens is 328 g/mol. The maximum Gasteiger partial charge on any atom is 0.271 e. The highest BCUT2D eigenvalue weighted by Crippen LogP contribution is 2.27. The molecule has 24 heavy (non-hydrogen) atoms. The molecule has 1 heterocycles. The second-order valence-electron chi connectivity index (χ2n) is 5.29. The molecule has 0 unspecified atom stereocenters. The number of nitro benzene ring substituents is 1. The van der Waals surface area contributed by atoms with Crippen LogP contribution in [0.3, 0.4) is 0 Å². The average molecular weight is 343 g/mol. The van der Waals surface area contributed by atoms with E-state index in [4.69, 9.17) is 11.6 Å². The Bertz CT molecular complexity index is 832. The minimum atomic E-state index is -0.464. The van der Waals surface area contributed by atoms with Crippen molar-refractivity contribution in [3.8, 4) is 0 Å². The summed E-state index contributed by atoms with van der Waals surface area (Å²) in [6.07, 6.45) is 3.68. The van der Waals surface area contributed by atoms with E-state index in [-0.39, 0.29) is 5.69 Å². The van der Waals surface area contributed by atoms with Crippen LogP contribution < -0.4 is 5.32 Å². The van der Waals surface area contributed by atoms with Crippen LogP contribution in [0.5, 0.6) is 0 Å². The minimum absolute atomic E-state index is 0.0199. The minimum Gasteiger partial charge on any atom is -0.380 e. The summed E-state index contributed by atoms with van der Waals surface area (Å²) in [6.45, 7) is 1.31. The van der Waals surface area contributed by atoms with E-state index < -0.39 is 4.92 Å². The molecule has 7 heteroatoms. The van der Waals surface area contributed by atoms with Gasteiger partial charge in [0.1, 0.15) is 0 Å². The van der Waals surface area contributed by atoms with Crippen molar-refractivity contribution in [1.29, 1.82) is 0 Å². The van der Waals surface area contributed by atoms with Gasteiger partial charge in [-0.05, 0) is 23.3 Å². The Morgan fingerprint density at radius 3 is 2.54 bits per heavy atom. The molecule has 122 valence electrons. The van der Waals surface area contributed by atoms with E-state index in [9.17, 15) is 10.1 Å². The molecule has 1 N–H and O–H groups in total. The number of nitrogens with zero attached hydrogens (tertiary/aromatic N) is 3. The molecule has 0 saturated heterocycles. The Balaban J connectivity index is 1.61. The maximum atomic E-state index is 10.7. The number of nitrogens with one attached hydrogen (secondary N) is 1. The van der Waals surface area contributed by atoms with Gasteiger partial charge in [0.05, 0.1) is 22.2 Å². The second kappa shape index (κ2) is 7.14. The summed E-state index contributed by atoms with van der Waals surface area (Å²) in [6, 6.07) is 14.5. The molecule has 0 bridgehead atoms. The SMILES string of the molecule is O=[N+]([O-])c1ccc(NCc2ccc(Cn3cccn3)cc2)c(Cl)c1. The van der Waals surface area contributed by atoms with E-state index in [0.717, 1.165) is 17.7 Å². The van der Waals surface area contributed by atoms with Crippen molar-refractivity contribution in [3.05, 3.63) is 87.2 Å². The molecule has 0 aliphatic carbocycles. The Hall–Kier alpha value is -2.86. The molecule has 0 atom stereocenters. The van der Waals surface area contributed by atoms with Crippen LogP contribution >= 0.6 is 11.6 Å². The first-order valence-electron chi connectivity index (χ1n) is 7.35. The predicted molar refractivity (Wildman–Crippen MR) is 93.2 cm³/mol. The molecule has 6 nitrogen and oxygen atoms in total. The van der Waals surface area contributed by atoms with Crippen LogP contribution in [-0.2, 0) is 13.1 Å². The number of anilines is 1. The van der Waals surface area contributed by atoms with Crippen LogP contribution in [0.1, 0.15) is 11.1 Å². The quantitative estimate of drug-likeness (QED) is 0.540. The molecule has 2 aromatic carbocycles. The molecule has 0 amide bonds. The van der Waals surface area contributed by atoms with Gasteiger partial charge in [0.2, 0.25) is 0 Å². The summed E-state index contributed by atoms with van der Waals surface area (Å²) in [5, 5.41) is 18.4. The van der Waals surface area contributed by atoms with Gasteiger partial charge in [-0.1, -0.05) is 35.9 Å². The van der Waals surface area contributed by atoms with Crippen LogP contribution in [0.2, 0.25) is 5.02 Å². The largest absolute Gasteiger partial charge is 0.380 e. The number of benzene rings is 2. The summed E-state index contributed by atoms with van der Waals surface area (Å²) < 4.78 is 1.86. The van der Waals surface area contributed by atoms with Crippen molar-refractivity contribution in [3.63, 3.8) is 0 Å². The Kier molecular flexibility index (Phi) is 4.77. The Morgan fingerprint density at radius 1 is 1.17 bits per heavy atom. The third kappa shape index (κ3) is 3.91. The maximum absolute atomic E-state index is 10.7. The van der Waals surface area contributed by atoms with Gasteiger partial charge in [-0.2, -0.15) is 5.10 Å². The van der Waals surface area contributed by atoms with Gasteiger partial charge in [0.15, 0.2) is 0 Å². The summed E-state index contributed by atoms with van der Waals surface area (Å²) in [7, 11) is 0. The van der Waals surface area contributed by atoms with Crippen molar-refractivity contribution >= 4 is 23.0 Å². The van der Waals surface area contributed by atoms with Crippen LogP contribution in [0.4, 0.5) is 11.4 Å². The lowest BCUT2D eigenvalue weighted by Gasteiger charge is -2.09. The van der Waals surface area contributed by atoms with Crippen LogP contribution in [-0.4, -0.2) is 14.7 Å². The van der Waals surface area contributed by atoms with E-state index in [1.807, 2.05) is 29.1 Å². The lowest BCUT2D eigenvalue weighted by atomic mass is 10.1. The number of hydrogen-bond acceptors (Lipinski definition) is 4. The first kappa shape index (κ1) is 16.0. The monoisotopic (exact) mass is 342 g/mol. The van der Waals surface area contributed by atoms with E-state index in [2.05, 4.69) is 22.5 Å². The number of aromatic nitrogens is 2. The topological polar surface area (TPSA) is 73.0 Å². The highest BCUT2D eigenvalue weighted by atomic mass is 35.5. The first-order valence-corrected chi connectivity index (χ1v) is 7.73. The number of hydrogen-bond donors (Lipinski definition) is 1. The van der Waals surface area contributed by atoms with Gasteiger partial charge >= 0.3 is 0 Å². The van der Waals surface area contributed by atoms with E-state index in [1.165, 1.54) is 12.1 Å². The van der Waals surface area contributed by atoms with Crippen LogP contribution in [0.15, 0.2) is 60.9 Å². The van der Waals surface area contributed by atoms with Gasteiger partial charge in [-0.3, -0.25) is 14.8 Å². The highest BCUT2D eigenvalue weighted by molar-refractivity contribution is 6.33. The molecule has 0 saturated carbocycles. The van der Waals surface area contributed by atoms with Gasteiger partial charge in [0.25, 0.3) is 5.69 Å². The fourth-order valence-corrected chi connectivity index (χ4v) is 2.54. The Labute approximate surface area is 143 Å². The summed E-state index contributed by atoms with van der Waals surface area (Å²) in [5.74, 6) is 0. The smallest absolute Gasteiger partial charge is 0.271 e. The first-order chi connectivity index (χ1) is 11.6. The predicted octanol–water partition coefficient (Wildman–Crippen LogP) is 4.11. The third-order valence-electron chi connectivity index (χ3n) is 3.57. The number of nitro groups is 1. The van der Waals surface area contributed by atoms with Crippen molar-refractivity contribution < 1.29 is 4.92 Å². The molecule has 0 spiro atoms. The normalized spacial score (nSPS) is 10.5. The van der Waals surface area contributed by atoms with Gasteiger partial charge in [-0.15, -0.1) is 0 Å². The summed E-state index contributed by atoms with van der Waals surface area (Å²) in [4.78, 5) is 10.2. The van der Waals surface area contributed by atoms with Gasteiger partial charge < -0.3 is 5.32 Å². The molecule has 0 aliphatic heterocycles. The zero-order valence-corrected chi connectivity index (χ0v) is 13.5. The van der Waals surface area contributed by atoms with Crippen molar-refractivity contribution in [2.75, 3.05) is 5.32 Å². The fourth-order valence-electron chi connectivity index (χ4n) is 2.30. The summed E-state index contributed by atoms with van der Waals surface area (Å²) >= 11 is 6.07. The molecule has 1 aromatic heterocycles. The molecule has 0 fully saturated rings. The number of rotatable bonds is 6. The van der Waals surface area contributed by atoms with Gasteiger partial charge in [0, 0.05) is 31.1 Å². The average Bonchev–Trinajstić information content (AvgIpc) is 3.08. The van der Waals surface area contributed by atoms with Gasteiger partial charge in [-0.25, -0.2) is 0 Å². The van der Waals surface area contributed by atoms with Crippen molar-refractivity contribution in [1.82, 2.24) is 9.78 Å². The molecular formula is C17H15ClN4O2. The van der Waals surface area contributed by atoms with Crippen LogP contribution in [0, 0.1) is 10.1 Å². The number of halogens is 1. The molecule has 3 aromatic rings. The second-order valence-corrected chi connectivity index (χ2v) is 5.70. The highest BCUT2D eigenvalue weighted by Gasteiger charge is 2.09. The van der Waals surface area contributed by atoms with E-state index >= 15 is 0 Å². The summed E-state index contributed by atoms with van der Waals surface area (Å²) in [5.41, 5.74) is 2.90. The lowest BCUT2D eigenvalue weighted by molar-refractivity contribution is -0.384. The van der Waals surface area contributed by atoms with Crippen LogP contribution in [0.25, 0.3) is 0 Å². The van der Waals surface area contributed by atoms with Crippen molar-refractivity contribution in [2.24, 2.45) is 0 Å². The zero-order chi connectivity index (χ0) is 16.9. The number of non-ortho nitro benzene ring substituents is 1. The lowest BCUT2D eigenvalue weighted by Crippen LogP contribution is -2.02. The molecule has 3 rings (SSSR count). The Morgan fingerprint density at radius 2 is 1.92 bits per heavy atom. The van der Waals surface area contributed by atoms with E-state index in [0.29, 0.717) is 17.3 Å². The standard InChI is InChI=1S/C17H15ClN4O2/c18-16-10-15(22(23)24)6-7-17(16)19-11-13-2-4-14(5-3-13)12-21-9-1-8-20-21/h1-10,19H,11-12H2.